The van der Waals surface area contributed by atoms with E-state index in [2.05, 4.69) is 19.2 Å². The van der Waals surface area contributed by atoms with Gasteiger partial charge in [-0.15, -0.1) is 0 Å². The van der Waals surface area contributed by atoms with Gasteiger partial charge in [-0.25, -0.2) is 9.18 Å². The molecule has 1 heterocycles. The summed E-state index contributed by atoms with van der Waals surface area (Å²) in [5.41, 5.74) is -0.392. The summed E-state index contributed by atoms with van der Waals surface area (Å²) < 4.78 is 25.5. The van der Waals surface area contributed by atoms with Crippen LogP contribution in [0.1, 0.15) is 57.9 Å². The van der Waals surface area contributed by atoms with Gasteiger partial charge in [-0.1, -0.05) is 38.8 Å². The molecule has 3 aromatic carbocycles. The van der Waals surface area contributed by atoms with Crippen LogP contribution in [0.5, 0.6) is 23.0 Å². The summed E-state index contributed by atoms with van der Waals surface area (Å²) in [5, 5.41) is 23.6. The van der Waals surface area contributed by atoms with Crippen molar-refractivity contribution in [2.24, 2.45) is 5.92 Å². The minimum atomic E-state index is -0.823. The molecule has 42 heavy (non-hydrogen) atoms. The number of likely N-dealkylation sites (tertiary alicyclic amines) is 1. The Balaban J connectivity index is 1.33. The summed E-state index contributed by atoms with van der Waals surface area (Å²) in [4.78, 5) is 26.6. The summed E-state index contributed by atoms with van der Waals surface area (Å²) in [6.45, 7) is 5.05. The van der Waals surface area contributed by atoms with Crippen LogP contribution in [0, 0.1) is 11.7 Å². The fourth-order valence-corrected chi connectivity index (χ4v) is 5.89. The van der Waals surface area contributed by atoms with E-state index in [1.165, 1.54) is 24.3 Å². The third kappa shape index (κ3) is 6.36. The Labute approximate surface area is 245 Å². The van der Waals surface area contributed by atoms with E-state index in [0.29, 0.717) is 67.5 Å². The highest BCUT2D eigenvalue weighted by molar-refractivity contribution is 5.90. The molecule has 5 rings (SSSR count). The van der Waals surface area contributed by atoms with Crippen LogP contribution in [0.2, 0.25) is 0 Å². The van der Waals surface area contributed by atoms with Crippen LogP contribution in [-0.4, -0.2) is 45.8 Å². The maximum Gasteiger partial charge on any atom is 0.321 e. The zero-order valence-corrected chi connectivity index (χ0v) is 23.9. The van der Waals surface area contributed by atoms with Gasteiger partial charge in [0, 0.05) is 37.0 Å². The van der Waals surface area contributed by atoms with Crippen LogP contribution >= 0.6 is 0 Å². The normalized spacial score (nSPS) is 17.0. The Morgan fingerprint density at radius 2 is 1.38 bits per heavy atom. The fraction of sp³-hybridized carbons (Fsp3) is 0.394. The molecule has 2 fully saturated rings. The number of rotatable bonds is 10. The number of carboxylic acid groups (broad SMARTS) is 1. The minimum absolute atomic E-state index is 0.204. The van der Waals surface area contributed by atoms with Gasteiger partial charge < -0.3 is 29.9 Å². The van der Waals surface area contributed by atoms with E-state index in [4.69, 9.17) is 9.47 Å². The van der Waals surface area contributed by atoms with Crippen molar-refractivity contribution >= 4 is 17.7 Å². The van der Waals surface area contributed by atoms with Crippen molar-refractivity contribution in [3.63, 3.8) is 0 Å². The van der Waals surface area contributed by atoms with E-state index in [0.717, 1.165) is 18.4 Å². The number of aliphatic carboxylic acids is 1. The second-order valence-corrected chi connectivity index (χ2v) is 11.3. The SMILES string of the molecule is CCC(CC)C1(O)CCN(C(=O)Nc2cc(Oc3ccc(F)cc3)cc(Oc3ccc(C4(C(=O)O)CC4)cc3)c2)CC1. The van der Waals surface area contributed by atoms with Crippen molar-refractivity contribution in [3.8, 4) is 23.0 Å². The predicted molar refractivity (Wildman–Crippen MR) is 157 cm³/mol. The first kappa shape index (κ1) is 29.4. The lowest BCUT2D eigenvalue weighted by atomic mass is 9.77. The third-order valence-electron chi connectivity index (χ3n) is 8.64. The summed E-state index contributed by atoms with van der Waals surface area (Å²) in [5.74, 6) is 0.661. The lowest BCUT2D eigenvalue weighted by Gasteiger charge is -2.42. The number of anilines is 1. The molecule has 0 aromatic heterocycles. The zero-order chi connectivity index (χ0) is 29.9. The number of urea groups is 1. The molecule has 0 bridgehead atoms. The summed E-state index contributed by atoms with van der Waals surface area (Å²) in [7, 11) is 0. The Hall–Kier alpha value is -4.11. The first-order chi connectivity index (χ1) is 20.1. The number of nitrogens with one attached hydrogen (secondary N) is 1. The van der Waals surface area contributed by atoms with Gasteiger partial charge in [0.05, 0.1) is 11.0 Å². The molecule has 9 heteroatoms. The summed E-state index contributed by atoms with van der Waals surface area (Å²) >= 11 is 0. The van der Waals surface area contributed by atoms with Crippen molar-refractivity contribution in [3.05, 3.63) is 78.1 Å². The van der Waals surface area contributed by atoms with Gasteiger partial charge >= 0.3 is 12.0 Å². The number of hydrogen-bond donors (Lipinski definition) is 3. The van der Waals surface area contributed by atoms with Crippen LogP contribution in [-0.2, 0) is 10.2 Å². The van der Waals surface area contributed by atoms with Gasteiger partial charge in [-0.05, 0) is 73.6 Å². The number of hydrogen-bond acceptors (Lipinski definition) is 5. The molecule has 2 amide bonds. The highest BCUT2D eigenvalue weighted by Crippen LogP contribution is 2.48. The van der Waals surface area contributed by atoms with Crippen molar-refractivity contribution in [2.75, 3.05) is 18.4 Å². The van der Waals surface area contributed by atoms with Crippen molar-refractivity contribution < 1.29 is 33.7 Å². The molecule has 222 valence electrons. The first-order valence-corrected chi connectivity index (χ1v) is 14.5. The number of carbonyl (C=O) groups excluding carboxylic acids is 1. The molecule has 0 spiro atoms. The molecule has 0 atom stereocenters. The molecule has 1 aliphatic heterocycles. The van der Waals surface area contributed by atoms with Crippen molar-refractivity contribution in [2.45, 2.75) is 63.4 Å². The molecule has 1 aliphatic carbocycles. The third-order valence-corrected chi connectivity index (χ3v) is 8.64. The number of halogens is 1. The van der Waals surface area contributed by atoms with E-state index in [9.17, 15) is 24.2 Å². The van der Waals surface area contributed by atoms with Gasteiger partial charge in [-0.3, -0.25) is 4.79 Å². The zero-order valence-electron chi connectivity index (χ0n) is 23.9. The van der Waals surface area contributed by atoms with Crippen molar-refractivity contribution in [1.82, 2.24) is 4.90 Å². The largest absolute Gasteiger partial charge is 0.481 e. The standard InChI is InChI=1S/C33H37FN2O6/c1-3-22(4-2)33(40)15-17-36(18-16-33)31(39)35-25-19-28(21-29(20-25)42-27-11-7-24(34)8-12-27)41-26-9-5-23(6-10-26)32(13-14-32)30(37)38/h5-12,19-22,40H,3-4,13-18H2,1-2H3,(H,35,39)(H,37,38). The number of aliphatic hydroxyl groups is 1. The molecule has 0 radical (unpaired) electrons. The predicted octanol–water partition coefficient (Wildman–Crippen LogP) is 7.32. The first-order valence-electron chi connectivity index (χ1n) is 14.5. The minimum Gasteiger partial charge on any atom is -0.481 e. The molecule has 3 aromatic rings. The molecule has 0 unspecified atom stereocenters. The number of amides is 2. The number of ether oxygens (including phenoxy) is 2. The van der Waals surface area contributed by atoms with E-state index in [-0.39, 0.29) is 17.8 Å². The fourth-order valence-electron chi connectivity index (χ4n) is 5.89. The smallest absolute Gasteiger partial charge is 0.321 e. The quantitative estimate of drug-likeness (QED) is 0.233. The number of piperidine rings is 1. The Bertz CT molecular complexity index is 1410. The number of carbonyl (C=O) groups is 2. The molecule has 8 nitrogen and oxygen atoms in total. The second-order valence-electron chi connectivity index (χ2n) is 11.3. The molecule has 3 N–H and O–H groups in total. The number of nitrogens with zero attached hydrogens (tertiary/aromatic N) is 1. The van der Waals surface area contributed by atoms with E-state index in [1.807, 2.05) is 0 Å². The average molecular weight is 577 g/mol. The maximum atomic E-state index is 13.4. The van der Waals surface area contributed by atoms with Crippen LogP contribution < -0.4 is 14.8 Å². The van der Waals surface area contributed by atoms with Crippen LogP contribution in [0.3, 0.4) is 0 Å². The van der Waals surface area contributed by atoms with Crippen LogP contribution in [0.25, 0.3) is 0 Å². The number of benzene rings is 3. The summed E-state index contributed by atoms with van der Waals surface area (Å²) in [6.07, 6.45) is 4.06. The molecule has 2 aliphatic rings. The molecule has 1 saturated carbocycles. The van der Waals surface area contributed by atoms with E-state index in [1.54, 1.807) is 47.4 Å². The van der Waals surface area contributed by atoms with Gasteiger partial charge in [0.2, 0.25) is 0 Å². The van der Waals surface area contributed by atoms with E-state index < -0.39 is 17.0 Å². The highest BCUT2D eigenvalue weighted by Gasteiger charge is 2.51. The maximum absolute atomic E-state index is 13.4. The Kier molecular flexibility index (Phi) is 8.41. The highest BCUT2D eigenvalue weighted by atomic mass is 19.1. The van der Waals surface area contributed by atoms with Gasteiger partial charge in [0.25, 0.3) is 0 Å². The van der Waals surface area contributed by atoms with Crippen LogP contribution in [0.15, 0.2) is 66.7 Å². The van der Waals surface area contributed by atoms with E-state index >= 15 is 0 Å². The van der Waals surface area contributed by atoms with Gasteiger partial charge in [0.15, 0.2) is 0 Å². The van der Waals surface area contributed by atoms with Gasteiger partial charge in [-0.2, -0.15) is 0 Å². The second kappa shape index (κ2) is 12.0. The topological polar surface area (TPSA) is 108 Å². The summed E-state index contributed by atoms with van der Waals surface area (Å²) in [6, 6.07) is 17.3. The Morgan fingerprint density at radius 3 is 1.86 bits per heavy atom. The molecular weight excluding hydrogens is 539 g/mol. The monoisotopic (exact) mass is 576 g/mol. The lowest BCUT2D eigenvalue weighted by Crippen LogP contribution is -2.51. The average Bonchev–Trinajstić information content (AvgIpc) is 3.78. The molecule has 1 saturated heterocycles. The van der Waals surface area contributed by atoms with Gasteiger partial charge in [0.1, 0.15) is 28.8 Å². The molecular formula is C33H37FN2O6. The number of carboxylic acids is 1. The van der Waals surface area contributed by atoms with Crippen LogP contribution in [0.4, 0.5) is 14.9 Å². The van der Waals surface area contributed by atoms with Crippen molar-refractivity contribution in [1.29, 1.82) is 0 Å². The lowest BCUT2D eigenvalue weighted by molar-refractivity contribution is -0.140. The Morgan fingerprint density at radius 1 is 0.857 bits per heavy atom.